The molecule has 0 heterocycles. The molecule has 3 nitrogen and oxygen atoms in total. The van der Waals surface area contributed by atoms with Crippen molar-refractivity contribution >= 4 is 12.0 Å². The van der Waals surface area contributed by atoms with E-state index in [2.05, 4.69) is 0 Å². The maximum absolute atomic E-state index is 13.6. The summed E-state index contributed by atoms with van der Waals surface area (Å²) in [6.07, 6.45) is 2.78. The number of benzene rings is 1. The number of hydrogen-bond acceptors (Lipinski definition) is 2. The zero-order chi connectivity index (χ0) is 14.4. The molecule has 104 valence electrons. The quantitative estimate of drug-likeness (QED) is 0.805. The van der Waals surface area contributed by atoms with E-state index in [4.69, 9.17) is 9.84 Å². The number of carbonyl (C=O) groups is 1. The summed E-state index contributed by atoms with van der Waals surface area (Å²) >= 11 is 0. The second-order valence-corrected chi connectivity index (χ2v) is 4.31. The van der Waals surface area contributed by atoms with Crippen LogP contribution in [0, 0.1) is 17.6 Å². The van der Waals surface area contributed by atoms with Gasteiger partial charge in [-0.1, -0.05) is 20.3 Å². The third-order valence-electron chi connectivity index (χ3n) is 2.65. The average molecular weight is 270 g/mol. The molecule has 1 rings (SSSR count). The monoisotopic (exact) mass is 270 g/mol. The Morgan fingerprint density at radius 1 is 1.42 bits per heavy atom. The summed E-state index contributed by atoms with van der Waals surface area (Å²) in [5.74, 6) is -3.09. The highest BCUT2D eigenvalue weighted by Gasteiger charge is 2.13. The van der Waals surface area contributed by atoms with Gasteiger partial charge in [-0.25, -0.2) is 13.6 Å². The summed E-state index contributed by atoms with van der Waals surface area (Å²) in [5.41, 5.74) is 0.133. The van der Waals surface area contributed by atoms with Crippen LogP contribution in [0.4, 0.5) is 8.78 Å². The van der Waals surface area contributed by atoms with Gasteiger partial charge in [-0.2, -0.15) is 0 Å². The van der Waals surface area contributed by atoms with Crippen LogP contribution in [-0.4, -0.2) is 17.7 Å². The van der Waals surface area contributed by atoms with E-state index in [9.17, 15) is 13.6 Å². The summed E-state index contributed by atoms with van der Waals surface area (Å²) in [6.45, 7) is 4.11. The van der Waals surface area contributed by atoms with E-state index in [1.165, 1.54) is 0 Å². The van der Waals surface area contributed by atoms with Gasteiger partial charge in [0.25, 0.3) is 0 Å². The fourth-order valence-electron chi connectivity index (χ4n) is 1.32. The molecule has 19 heavy (non-hydrogen) atoms. The molecule has 0 saturated heterocycles. The van der Waals surface area contributed by atoms with Crippen molar-refractivity contribution in [2.24, 2.45) is 5.92 Å². The first kappa shape index (κ1) is 15.1. The zero-order valence-corrected chi connectivity index (χ0v) is 10.8. The highest BCUT2D eigenvalue weighted by atomic mass is 19.1. The van der Waals surface area contributed by atoms with Crippen LogP contribution in [0.15, 0.2) is 18.2 Å². The number of rotatable bonds is 6. The van der Waals surface area contributed by atoms with Crippen LogP contribution in [0.2, 0.25) is 0 Å². The molecular weight excluding hydrogens is 254 g/mol. The molecule has 1 aromatic carbocycles. The molecule has 0 aliphatic rings. The second kappa shape index (κ2) is 6.87. The maximum Gasteiger partial charge on any atom is 0.328 e. The van der Waals surface area contributed by atoms with Gasteiger partial charge in [0.1, 0.15) is 0 Å². The molecule has 0 spiro atoms. The standard InChI is InChI=1S/C14H16F2O3/c1-3-9(2)8-19-14-11(15)6-10(7-12(14)16)4-5-13(17)18/h4-7,9H,3,8H2,1-2H3,(H,17,18). The Morgan fingerprint density at radius 3 is 2.47 bits per heavy atom. The Labute approximate surface area is 110 Å². The number of hydrogen-bond donors (Lipinski definition) is 1. The summed E-state index contributed by atoms with van der Waals surface area (Å²) in [4.78, 5) is 10.3. The zero-order valence-electron chi connectivity index (χ0n) is 10.8. The van der Waals surface area contributed by atoms with Crippen LogP contribution < -0.4 is 4.74 Å². The highest BCUT2D eigenvalue weighted by molar-refractivity contribution is 5.85. The van der Waals surface area contributed by atoms with E-state index in [-0.39, 0.29) is 18.1 Å². The van der Waals surface area contributed by atoms with Crippen molar-refractivity contribution in [1.82, 2.24) is 0 Å². The minimum atomic E-state index is -1.18. The number of halogens is 2. The molecule has 0 fully saturated rings. The molecular formula is C14H16F2O3. The van der Waals surface area contributed by atoms with Crippen LogP contribution in [0.1, 0.15) is 25.8 Å². The van der Waals surface area contributed by atoms with Crippen LogP contribution in [-0.2, 0) is 4.79 Å². The lowest BCUT2D eigenvalue weighted by Crippen LogP contribution is -2.09. The third kappa shape index (κ3) is 4.69. The van der Waals surface area contributed by atoms with Gasteiger partial charge in [-0.05, 0) is 29.7 Å². The second-order valence-electron chi connectivity index (χ2n) is 4.31. The van der Waals surface area contributed by atoms with Gasteiger partial charge >= 0.3 is 5.97 Å². The molecule has 0 saturated carbocycles. The van der Waals surface area contributed by atoms with Gasteiger partial charge in [-0.15, -0.1) is 0 Å². The number of ether oxygens (including phenoxy) is 1. The average Bonchev–Trinajstić information content (AvgIpc) is 2.34. The van der Waals surface area contributed by atoms with E-state index in [1.807, 2.05) is 13.8 Å². The first-order valence-corrected chi connectivity index (χ1v) is 5.96. The number of carboxylic acid groups (broad SMARTS) is 1. The lowest BCUT2D eigenvalue weighted by atomic mass is 10.1. The van der Waals surface area contributed by atoms with Gasteiger partial charge < -0.3 is 9.84 Å². The molecule has 0 aliphatic carbocycles. The molecule has 1 aromatic rings. The minimum absolute atomic E-state index is 0.133. The van der Waals surface area contributed by atoms with E-state index in [0.717, 1.165) is 30.7 Å². The smallest absolute Gasteiger partial charge is 0.328 e. The van der Waals surface area contributed by atoms with Crippen LogP contribution >= 0.6 is 0 Å². The number of aliphatic carboxylic acids is 1. The Balaban J connectivity index is 2.88. The SMILES string of the molecule is CCC(C)COc1c(F)cc(C=CC(=O)O)cc1F. The van der Waals surface area contributed by atoms with Gasteiger partial charge in [0.15, 0.2) is 17.4 Å². The van der Waals surface area contributed by atoms with E-state index in [1.54, 1.807) is 0 Å². The van der Waals surface area contributed by atoms with Crippen LogP contribution in [0.25, 0.3) is 6.08 Å². The fraction of sp³-hybridized carbons (Fsp3) is 0.357. The number of carboxylic acids is 1. The molecule has 0 aliphatic heterocycles. The van der Waals surface area contributed by atoms with Crippen molar-refractivity contribution in [3.05, 3.63) is 35.4 Å². The predicted molar refractivity (Wildman–Crippen MR) is 68.0 cm³/mol. The first-order valence-electron chi connectivity index (χ1n) is 5.96. The van der Waals surface area contributed by atoms with E-state index < -0.39 is 23.4 Å². The topological polar surface area (TPSA) is 46.5 Å². The molecule has 0 amide bonds. The Morgan fingerprint density at radius 2 is 2.00 bits per heavy atom. The van der Waals surface area contributed by atoms with Crippen molar-refractivity contribution in [2.75, 3.05) is 6.61 Å². The predicted octanol–water partition coefficient (Wildman–Crippen LogP) is 3.49. The van der Waals surface area contributed by atoms with Gasteiger partial charge in [0.2, 0.25) is 0 Å². The lowest BCUT2D eigenvalue weighted by Gasteiger charge is -2.12. The Bertz CT molecular complexity index is 461. The van der Waals surface area contributed by atoms with Gasteiger partial charge in [-0.3, -0.25) is 0 Å². The summed E-state index contributed by atoms with van der Waals surface area (Å²) in [6, 6.07) is 2.07. The first-order chi connectivity index (χ1) is 8.93. The molecule has 1 atom stereocenters. The third-order valence-corrected chi connectivity index (χ3v) is 2.65. The van der Waals surface area contributed by atoms with Crippen molar-refractivity contribution < 1.29 is 23.4 Å². The molecule has 1 N–H and O–H groups in total. The van der Waals surface area contributed by atoms with Gasteiger partial charge in [0.05, 0.1) is 6.61 Å². The van der Waals surface area contributed by atoms with Crippen LogP contribution in [0.3, 0.4) is 0 Å². The molecule has 0 radical (unpaired) electrons. The molecule has 1 unspecified atom stereocenters. The van der Waals surface area contributed by atoms with E-state index >= 15 is 0 Å². The normalized spacial score (nSPS) is 12.6. The molecule has 5 heteroatoms. The molecule has 0 bridgehead atoms. The minimum Gasteiger partial charge on any atom is -0.487 e. The van der Waals surface area contributed by atoms with Crippen LogP contribution in [0.5, 0.6) is 5.75 Å². The fourth-order valence-corrected chi connectivity index (χ4v) is 1.32. The Hall–Kier alpha value is -1.91. The summed E-state index contributed by atoms with van der Waals surface area (Å²) in [5, 5.41) is 8.44. The highest BCUT2D eigenvalue weighted by Crippen LogP contribution is 2.24. The largest absolute Gasteiger partial charge is 0.487 e. The summed E-state index contributed by atoms with van der Waals surface area (Å²) < 4.78 is 32.4. The summed E-state index contributed by atoms with van der Waals surface area (Å²) in [7, 11) is 0. The van der Waals surface area contributed by atoms with Crippen molar-refractivity contribution in [3.8, 4) is 5.75 Å². The van der Waals surface area contributed by atoms with Crippen molar-refractivity contribution in [3.63, 3.8) is 0 Å². The Kier molecular flexibility index (Phi) is 5.48. The molecule has 0 aromatic heterocycles. The van der Waals surface area contributed by atoms with Crippen molar-refractivity contribution in [2.45, 2.75) is 20.3 Å². The maximum atomic E-state index is 13.6. The lowest BCUT2D eigenvalue weighted by molar-refractivity contribution is -0.131. The van der Waals surface area contributed by atoms with Crippen molar-refractivity contribution in [1.29, 1.82) is 0 Å². The van der Waals surface area contributed by atoms with E-state index in [0.29, 0.717) is 0 Å². The van der Waals surface area contributed by atoms with Gasteiger partial charge in [0, 0.05) is 6.08 Å².